The lowest BCUT2D eigenvalue weighted by Crippen LogP contribution is -2.43. The number of hydrogen-bond donors (Lipinski definition) is 1. The summed E-state index contributed by atoms with van der Waals surface area (Å²) in [7, 11) is 1.54. The zero-order valence-corrected chi connectivity index (χ0v) is 17.3. The SMILES string of the molecule is CNC(=O)c1cc2c(s1)CN(C1=NOC(c3cc(Cl)cc(Cl)c3)(C(F)(F)F)C1)C2. The lowest BCUT2D eigenvalue weighted by atomic mass is 9.89. The van der Waals surface area contributed by atoms with Crippen LogP contribution in [0.25, 0.3) is 0 Å². The van der Waals surface area contributed by atoms with Crippen molar-refractivity contribution in [2.75, 3.05) is 7.05 Å². The average molecular weight is 464 g/mol. The number of halogens is 5. The number of amides is 1. The molecule has 4 rings (SSSR count). The van der Waals surface area contributed by atoms with E-state index in [2.05, 4.69) is 10.5 Å². The fourth-order valence-electron chi connectivity index (χ4n) is 3.43. The van der Waals surface area contributed by atoms with Crippen LogP contribution in [-0.4, -0.2) is 29.9 Å². The highest BCUT2D eigenvalue weighted by Crippen LogP contribution is 2.50. The Labute approximate surface area is 178 Å². The summed E-state index contributed by atoms with van der Waals surface area (Å²) < 4.78 is 42.2. The lowest BCUT2D eigenvalue weighted by Gasteiger charge is -2.30. The number of alkyl halides is 3. The zero-order valence-electron chi connectivity index (χ0n) is 14.9. The second-order valence-corrected chi connectivity index (χ2v) is 8.76. The second kappa shape index (κ2) is 7.07. The van der Waals surface area contributed by atoms with Gasteiger partial charge in [-0.1, -0.05) is 28.4 Å². The van der Waals surface area contributed by atoms with Crippen LogP contribution in [-0.2, 0) is 23.5 Å². The third kappa shape index (κ3) is 3.45. The van der Waals surface area contributed by atoms with Gasteiger partial charge in [0, 0.05) is 34.1 Å². The van der Waals surface area contributed by atoms with Gasteiger partial charge in [0.05, 0.1) is 17.8 Å². The molecule has 0 saturated heterocycles. The van der Waals surface area contributed by atoms with Crippen molar-refractivity contribution in [1.82, 2.24) is 10.2 Å². The minimum Gasteiger partial charge on any atom is -0.372 e. The molecule has 11 heteroatoms. The Morgan fingerprint density at radius 3 is 2.52 bits per heavy atom. The van der Waals surface area contributed by atoms with Gasteiger partial charge in [0.2, 0.25) is 0 Å². The molecule has 1 atom stereocenters. The van der Waals surface area contributed by atoms with Gasteiger partial charge in [-0.25, -0.2) is 0 Å². The molecule has 1 aromatic carbocycles. The van der Waals surface area contributed by atoms with Gasteiger partial charge in [-0.05, 0) is 29.8 Å². The maximum Gasteiger partial charge on any atom is 0.435 e. The lowest BCUT2D eigenvalue weighted by molar-refractivity contribution is -0.275. The van der Waals surface area contributed by atoms with E-state index in [1.807, 2.05) is 0 Å². The molecule has 0 bridgehead atoms. The molecular formula is C18H14Cl2F3N3O2S. The van der Waals surface area contributed by atoms with Crippen LogP contribution < -0.4 is 5.32 Å². The Hall–Kier alpha value is -1.97. The van der Waals surface area contributed by atoms with Crippen LogP contribution >= 0.6 is 34.5 Å². The number of nitrogens with one attached hydrogen (secondary N) is 1. The summed E-state index contributed by atoms with van der Waals surface area (Å²) in [5, 5.41) is 6.49. The highest BCUT2D eigenvalue weighted by Gasteiger charge is 2.63. The molecule has 29 heavy (non-hydrogen) atoms. The molecule has 0 spiro atoms. The number of carbonyl (C=O) groups excluding carboxylic acids is 1. The number of fused-ring (bicyclic) bond motifs is 1. The Balaban J connectivity index is 1.59. The minimum atomic E-state index is -4.73. The fraction of sp³-hybridized carbons (Fsp3) is 0.333. The number of rotatable bonds is 2. The van der Waals surface area contributed by atoms with E-state index < -0.39 is 18.2 Å². The van der Waals surface area contributed by atoms with Crippen molar-refractivity contribution in [2.45, 2.75) is 31.3 Å². The van der Waals surface area contributed by atoms with E-state index in [-0.39, 0.29) is 27.4 Å². The molecule has 1 amide bonds. The first-order chi connectivity index (χ1) is 13.6. The van der Waals surface area contributed by atoms with Crippen LogP contribution in [0.4, 0.5) is 13.2 Å². The number of carbonyl (C=O) groups is 1. The predicted octanol–water partition coefficient (Wildman–Crippen LogP) is 4.92. The van der Waals surface area contributed by atoms with Gasteiger partial charge < -0.3 is 15.1 Å². The topological polar surface area (TPSA) is 53.9 Å². The maximum absolute atomic E-state index is 14.1. The molecule has 154 valence electrons. The molecule has 3 heterocycles. The van der Waals surface area contributed by atoms with Crippen LogP contribution in [0, 0.1) is 0 Å². The number of oxime groups is 1. The zero-order chi connectivity index (χ0) is 21.0. The van der Waals surface area contributed by atoms with E-state index in [1.54, 1.807) is 18.0 Å². The molecule has 5 nitrogen and oxygen atoms in total. The van der Waals surface area contributed by atoms with Crippen LogP contribution in [0.15, 0.2) is 29.4 Å². The first-order valence-electron chi connectivity index (χ1n) is 8.50. The van der Waals surface area contributed by atoms with Gasteiger partial charge in [0.25, 0.3) is 11.5 Å². The van der Waals surface area contributed by atoms with Gasteiger partial charge in [-0.3, -0.25) is 4.79 Å². The van der Waals surface area contributed by atoms with E-state index in [9.17, 15) is 18.0 Å². The summed E-state index contributed by atoms with van der Waals surface area (Å²) in [6.45, 7) is 0.721. The smallest absolute Gasteiger partial charge is 0.372 e. The van der Waals surface area contributed by atoms with Gasteiger partial charge >= 0.3 is 6.18 Å². The monoisotopic (exact) mass is 463 g/mol. The highest BCUT2D eigenvalue weighted by atomic mass is 35.5. The highest BCUT2D eigenvalue weighted by molar-refractivity contribution is 7.14. The van der Waals surface area contributed by atoms with E-state index >= 15 is 0 Å². The second-order valence-electron chi connectivity index (χ2n) is 6.75. The first kappa shape index (κ1) is 20.3. The van der Waals surface area contributed by atoms with Crippen molar-refractivity contribution in [3.63, 3.8) is 0 Å². The summed E-state index contributed by atoms with van der Waals surface area (Å²) in [6.07, 6.45) is -5.23. The van der Waals surface area contributed by atoms with Crippen LogP contribution in [0.3, 0.4) is 0 Å². The quantitative estimate of drug-likeness (QED) is 0.687. The summed E-state index contributed by atoms with van der Waals surface area (Å²) in [4.78, 5) is 20.0. The van der Waals surface area contributed by atoms with Crippen molar-refractivity contribution in [3.05, 3.63) is 55.2 Å². The van der Waals surface area contributed by atoms with Crippen LogP contribution in [0.1, 0.15) is 32.1 Å². The van der Waals surface area contributed by atoms with Crippen molar-refractivity contribution in [3.8, 4) is 0 Å². The van der Waals surface area contributed by atoms with E-state index in [4.69, 9.17) is 28.0 Å². The fourth-order valence-corrected chi connectivity index (χ4v) is 5.09. The molecular weight excluding hydrogens is 450 g/mol. The van der Waals surface area contributed by atoms with Crippen molar-refractivity contribution in [1.29, 1.82) is 0 Å². The normalized spacial score (nSPS) is 21.0. The molecule has 2 aliphatic heterocycles. The Kier molecular flexibility index (Phi) is 4.95. The number of nitrogens with zero attached hydrogens (tertiary/aromatic N) is 2. The number of thiophene rings is 1. The molecule has 0 saturated carbocycles. The summed E-state index contributed by atoms with van der Waals surface area (Å²) in [6, 6.07) is 5.49. The van der Waals surface area contributed by atoms with E-state index in [0.29, 0.717) is 18.0 Å². The Morgan fingerprint density at radius 2 is 1.93 bits per heavy atom. The average Bonchev–Trinajstić information content (AvgIpc) is 3.32. The van der Waals surface area contributed by atoms with E-state index in [1.165, 1.54) is 29.5 Å². The first-order valence-corrected chi connectivity index (χ1v) is 10.1. The standard InChI is InChI=1S/C18H14Cl2F3N3O2S/c1-24-16(27)13-2-9-7-26(8-14(9)29-13)15-6-17(28-25-15,18(21,22)23)10-3-11(19)5-12(20)4-10/h2-5H,6-8H2,1H3,(H,24,27). The number of amidine groups is 1. The minimum absolute atomic E-state index is 0.0817. The van der Waals surface area contributed by atoms with Crippen molar-refractivity contribution >= 4 is 46.3 Å². The van der Waals surface area contributed by atoms with Crippen molar-refractivity contribution in [2.24, 2.45) is 5.16 Å². The van der Waals surface area contributed by atoms with Gasteiger partial charge in [0.15, 0.2) is 0 Å². The Morgan fingerprint density at radius 1 is 1.24 bits per heavy atom. The molecule has 0 fully saturated rings. The Bertz CT molecular complexity index is 981. The largest absolute Gasteiger partial charge is 0.435 e. The van der Waals surface area contributed by atoms with Crippen LogP contribution in [0.2, 0.25) is 10.0 Å². The molecule has 1 aromatic heterocycles. The van der Waals surface area contributed by atoms with Gasteiger partial charge in [-0.15, -0.1) is 11.3 Å². The molecule has 0 aliphatic carbocycles. The molecule has 1 unspecified atom stereocenters. The third-order valence-corrected chi connectivity index (χ3v) is 6.51. The van der Waals surface area contributed by atoms with Gasteiger partial charge in [0.1, 0.15) is 5.84 Å². The third-order valence-electron chi connectivity index (χ3n) is 4.91. The van der Waals surface area contributed by atoms with Gasteiger partial charge in [-0.2, -0.15) is 13.2 Å². The summed E-state index contributed by atoms with van der Waals surface area (Å²) in [5.41, 5.74) is -1.95. The maximum atomic E-state index is 14.1. The summed E-state index contributed by atoms with van der Waals surface area (Å²) in [5.74, 6) is -0.00488. The molecule has 0 radical (unpaired) electrons. The summed E-state index contributed by atoms with van der Waals surface area (Å²) >= 11 is 13.1. The number of hydrogen-bond acceptors (Lipinski definition) is 5. The predicted molar refractivity (Wildman–Crippen MR) is 104 cm³/mol. The number of benzene rings is 1. The van der Waals surface area contributed by atoms with Crippen molar-refractivity contribution < 1.29 is 22.8 Å². The molecule has 2 aliphatic rings. The molecule has 2 aromatic rings. The van der Waals surface area contributed by atoms with Crippen LogP contribution in [0.5, 0.6) is 0 Å². The van der Waals surface area contributed by atoms with E-state index in [0.717, 1.165) is 10.4 Å². The molecule has 1 N–H and O–H groups in total.